The second-order valence-corrected chi connectivity index (χ2v) is 13.6. The molecule has 0 bridgehead atoms. The van der Waals surface area contributed by atoms with Crippen LogP contribution in [0.15, 0.2) is 121 Å². The monoisotopic (exact) mass is 648 g/mol. The van der Waals surface area contributed by atoms with Crippen LogP contribution in [0, 0.1) is 0 Å². The normalized spacial score (nSPS) is 10.8. The topological polar surface area (TPSA) is 0 Å². The molecule has 0 nitrogen and oxygen atoms in total. The molecule has 0 saturated heterocycles. The smallest absolute Gasteiger partial charge is 1.00 e. The van der Waals surface area contributed by atoms with Crippen LogP contribution in [0.5, 0.6) is 0 Å². The molecule has 0 radical (unpaired) electrons. The first kappa shape index (κ1) is 36.7. The zero-order valence-corrected chi connectivity index (χ0v) is 27.4. The average molecular weight is 650 g/mol. The van der Waals surface area contributed by atoms with E-state index in [1.807, 2.05) is 0 Å². The molecule has 4 rings (SSSR count). The quantitative estimate of drug-likeness (QED) is 0.121. The van der Waals surface area contributed by atoms with E-state index in [0.717, 1.165) is 34.3 Å². The first-order chi connectivity index (χ1) is 16.9. The molecule has 37 heavy (non-hydrogen) atoms. The maximum atomic E-state index is 2.23. The van der Waals surface area contributed by atoms with Crippen LogP contribution in [0.1, 0.15) is 12.8 Å². The molecule has 0 aliphatic rings. The van der Waals surface area contributed by atoms with Gasteiger partial charge < -0.3 is 24.8 Å². The Bertz CT molecular complexity index is 843. The Morgan fingerprint density at radius 2 is 0.514 bits per heavy atom. The van der Waals surface area contributed by atoms with E-state index in [9.17, 15) is 0 Å². The van der Waals surface area contributed by atoms with Gasteiger partial charge in [-0.25, -0.2) is 0 Å². The fraction of sp³-hybridized carbons (Fsp3) is 0.200. The summed E-state index contributed by atoms with van der Waals surface area (Å²) in [4.78, 5) is 0. The first-order valence-corrected chi connectivity index (χ1v) is 16.9. The van der Waals surface area contributed by atoms with Gasteiger partial charge >= 0.3 is 16.5 Å². The van der Waals surface area contributed by atoms with Crippen molar-refractivity contribution in [3.63, 3.8) is 0 Å². The molecule has 0 saturated carbocycles. The molecule has 0 aliphatic carbocycles. The Morgan fingerprint density at radius 3 is 0.703 bits per heavy atom. The predicted molar refractivity (Wildman–Crippen MR) is 166 cm³/mol. The van der Waals surface area contributed by atoms with Crippen LogP contribution in [0.4, 0.5) is 0 Å². The van der Waals surface area contributed by atoms with Gasteiger partial charge in [-0.15, -0.1) is 0 Å². The van der Waals surface area contributed by atoms with Gasteiger partial charge in [0.25, 0.3) is 0 Å². The first-order valence-electron chi connectivity index (χ1n) is 12.1. The number of hydrogen-bond donors (Lipinski definition) is 0. The molecule has 0 amide bonds. The summed E-state index contributed by atoms with van der Waals surface area (Å²) in [5.74, 6) is 0. The van der Waals surface area contributed by atoms with E-state index in [4.69, 9.17) is 0 Å². The summed E-state index contributed by atoms with van der Waals surface area (Å²) in [6.45, 7) is 0. The Hall–Kier alpha value is -0.326. The minimum absolute atomic E-state index is 0. The van der Waals surface area contributed by atoms with Crippen molar-refractivity contribution in [2.24, 2.45) is 0 Å². The molecule has 200 valence electrons. The summed E-state index contributed by atoms with van der Waals surface area (Å²) in [6, 6.07) is 43.3. The van der Waals surface area contributed by atoms with Crippen molar-refractivity contribution >= 4 is 55.5 Å². The molecular weight excluding hydrogens is 614 g/mol. The van der Waals surface area contributed by atoms with E-state index in [1.54, 1.807) is 0 Å². The van der Waals surface area contributed by atoms with Crippen molar-refractivity contribution in [3.05, 3.63) is 121 Å². The zero-order chi connectivity index (χ0) is 23.5. The van der Waals surface area contributed by atoms with Gasteiger partial charge in [-0.3, -0.25) is 0 Å². The van der Waals surface area contributed by atoms with Gasteiger partial charge in [-0.2, -0.15) is 0 Å². The molecule has 4 aromatic carbocycles. The Labute approximate surface area is 254 Å². The summed E-state index contributed by atoms with van der Waals surface area (Å²) in [5, 5.41) is 5.98. The number of hydrogen-bond acceptors (Lipinski definition) is 0. The third-order valence-corrected chi connectivity index (χ3v) is 10.5. The van der Waals surface area contributed by atoms with Crippen molar-refractivity contribution < 1.29 is 41.3 Å². The molecule has 0 spiro atoms. The molecule has 0 heterocycles. The minimum Gasteiger partial charge on any atom is -1.00 e. The van der Waals surface area contributed by atoms with Gasteiger partial charge in [0.05, 0.1) is 0 Å². The van der Waals surface area contributed by atoms with E-state index < -0.39 is 0 Å². The second-order valence-electron chi connectivity index (χ2n) is 7.88. The molecular formula is C30H36Cl2NiP4. The van der Waals surface area contributed by atoms with Crippen LogP contribution in [-0.4, -0.2) is 24.6 Å². The Kier molecular flexibility index (Phi) is 24.5. The molecule has 0 fully saturated rings. The summed E-state index contributed by atoms with van der Waals surface area (Å²) in [5.41, 5.74) is 0. The van der Waals surface area contributed by atoms with Crippen molar-refractivity contribution in [1.29, 1.82) is 0 Å². The van der Waals surface area contributed by atoms with Crippen molar-refractivity contribution in [2.45, 2.75) is 12.8 Å². The standard InChI is InChI=1S/2C15H18P2.2ClH.Ni/c2*1-3-8-14(9-4-1)16-12-7-13-17-15-10-5-2-6-11-15;;;/h2*1-6,8-11,16-17H,7,12-13H2;2*1H;/q;;;;+2/p-2. The number of halogens is 2. The van der Waals surface area contributed by atoms with Gasteiger partial charge in [-0.05, 0) is 58.7 Å². The van der Waals surface area contributed by atoms with E-state index in [2.05, 4.69) is 121 Å². The second kappa shape index (κ2) is 24.7. The average Bonchev–Trinajstić information content (AvgIpc) is 2.91. The summed E-state index contributed by atoms with van der Waals surface area (Å²) < 4.78 is 0. The fourth-order valence-electron chi connectivity index (χ4n) is 3.33. The van der Waals surface area contributed by atoms with Crippen LogP contribution in [0.3, 0.4) is 0 Å². The van der Waals surface area contributed by atoms with Crippen molar-refractivity contribution in [1.82, 2.24) is 0 Å². The van der Waals surface area contributed by atoms with E-state index in [0.29, 0.717) is 0 Å². The maximum absolute atomic E-state index is 2.23. The van der Waals surface area contributed by atoms with Crippen LogP contribution in [0.25, 0.3) is 0 Å². The third-order valence-electron chi connectivity index (χ3n) is 5.12. The van der Waals surface area contributed by atoms with Crippen LogP contribution >= 0.6 is 34.3 Å². The number of rotatable bonds is 12. The molecule has 0 N–H and O–H groups in total. The molecule has 4 atom stereocenters. The molecule has 0 aliphatic heterocycles. The summed E-state index contributed by atoms with van der Waals surface area (Å²) >= 11 is 0. The molecule has 7 heteroatoms. The third kappa shape index (κ3) is 17.8. The van der Waals surface area contributed by atoms with Gasteiger partial charge in [0.1, 0.15) is 0 Å². The van der Waals surface area contributed by atoms with E-state index in [-0.39, 0.29) is 41.3 Å². The SMILES string of the molecule is [Cl-].[Cl-].[Ni+2].c1ccc(PCCCPc2ccccc2)cc1.c1ccc(PCCCPc2ccccc2)cc1. The maximum Gasteiger partial charge on any atom is 2.00 e. The zero-order valence-electron chi connectivity index (χ0n) is 20.9. The minimum atomic E-state index is 0. The Balaban J connectivity index is 0.000000648. The van der Waals surface area contributed by atoms with Crippen LogP contribution < -0.4 is 46.0 Å². The van der Waals surface area contributed by atoms with Crippen molar-refractivity contribution in [2.75, 3.05) is 24.6 Å². The van der Waals surface area contributed by atoms with Crippen LogP contribution in [-0.2, 0) is 16.5 Å². The summed E-state index contributed by atoms with van der Waals surface area (Å²) in [6.07, 6.45) is 8.04. The van der Waals surface area contributed by atoms with E-state index in [1.165, 1.54) is 58.7 Å². The van der Waals surface area contributed by atoms with Gasteiger partial charge in [-0.1, -0.05) is 156 Å². The molecule has 0 aromatic heterocycles. The van der Waals surface area contributed by atoms with Gasteiger partial charge in [0.2, 0.25) is 0 Å². The molecule has 4 unspecified atom stereocenters. The predicted octanol–water partition coefficient (Wildman–Crippen LogP) is 0.775. The summed E-state index contributed by atoms with van der Waals surface area (Å²) in [7, 11) is 3.91. The number of benzene rings is 4. The van der Waals surface area contributed by atoms with E-state index >= 15 is 0 Å². The fourth-order valence-corrected chi connectivity index (χ4v) is 8.32. The molecule has 4 aromatic rings. The van der Waals surface area contributed by atoms with Crippen LogP contribution in [0.2, 0.25) is 0 Å². The Morgan fingerprint density at radius 1 is 0.324 bits per heavy atom. The van der Waals surface area contributed by atoms with Crippen molar-refractivity contribution in [3.8, 4) is 0 Å². The van der Waals surface area contributed by atoms with Gasteiger partial charge in [0.15, 0.2) is 0 Å². The largest absolute Gasteiger partial charge is 2.00 e. The van der Waals surface area contributed by atoms with Gasteiger partial charge in [0, 0.05) is 0 Å².